The topological polar surface area (TPSA) is 188 Å². The van der Waals surface area contributed by atoms with Crippen LogP contribution in [-0.4, -0.2) is 81.8 Å². The van der Waals surface area contributed by atoms with Crippen LogP contribution in [0.4, 0.5) is 0 Å². The number of carbonyl (C=O) groups is 5. The normalized spacial score (nSPS) is 14.1. The van der Waals surface area contributed by atoms with Crippen molar-refractivity contribution in [2.24, 2.45) is 5.73 Å². The van der Waals surface area contributed by atoms with Crippen LogP contribution in [0.25, 0.3) is 0 Å². The fraction of sp³-hybridized carbons (Fsp3) is 0.500. The molecule has 0 bridgehead atoms. The van der Waals surface area contributed by atoms with Gasteiger partial charge in [-0.15, -0.1) is 0 Å². The average molecular weight is 529 g/mol. The van der Waals surface area contributed by atoms with E-state index in [2.05, 4.69) is 28.6 Å². The lowest BCUT2D eigenvalue weighted by atomic mass is 10.1. The van der Waals surface area contributed by atoms with Gasteiger partial charge in [-0.3, -0.25) is 19.2 Å². The number of thiol groups is 1. The Labute approximate surface area is 213 Å². The molecule has 7 N–H and O–H groups in total. The zero-order valence-corrected chi connectivity index (χ0v) is 21.0. The minimum atomic E-state index is -1.33. The van der Waals surface area contributed by atoms with Crippen molar-refractivity contribution in [3.8, 4) is 0 Å². The maximum Gasteiger partial charge on any atom is 0.326 e. The maximum absolute atomic E-state index is 12.8. The first-order valence-corrected chi connectivity index (χ1v) is 12.9. The first-order chi connectivity index (χ1) is 16.6. The zero-order valence-electron chi connectivity index (χ0n) is 19.3. The van der Waals surface area contributed by atoms with E-state index in [-0.39, 0.29) is 25.0 Å². The Morgan fingerprint density at radius 3 is 2.03 bits per heavy atom. The third-order valence-electron chi connectivity index (χ3n) is 4.96. The van der Waals surface area contributed by atoms with E-state index in [0.29, 0.717) is 5.75 Å². The van der Waals surface area contributed by atoms with Crippen LogP contribution in [0.2, 0.25) is 0 Å². The average Bonchev–Trinajstić information content (AvgIpc) is 2.82. The van der Waals surface area contributed by atoms with E-state index in [9.17, 15) is 29.1 Å². The quantitative estimate of drug-likeness (QED) is 0.141. The van der Waals surface area contributed by atoms with Gasteiger partial charge in [-0.25, -0.2) is 4.79 Å². The largest absolute Gasteiger partial charge is 0.481 e. The molecule has 0 aliphatic heterocycles. The van der Waals surface area contributed by atoms with Gasteiger partial charge >= 0.3 is 11.9 Å². The van der Waals surface area contributed by atoms with Crippen LogP contribution >= 0.6 is 24.4 Å². The number of nitrogens with two attached hydrogens (primary N) is 1. The molecule has 1 aromatic rings. The second kappa shape index (κ2) is 16.0. The van der Waals surface area contributed by atoms with E-state index < -0.39 is 60.2 Å². The number of thioether (sulfide) groups is 1. The summed E-state index contributed by atoms with van der Waals surface area (Å²) in [4.78, 5) is 60.4. The van der Waals surface area contributed by atoms with E-state index in [0.717, 1.165) is 5.56 Å². The summed E-state index contributed by atoms with van der Waals surface area (Å²) < 4.78 is 0. The first kappa shape index (κ1) is 30.3. The number of carboxylic acid groups (broad SMARTS) is 2. The van der Waals surface area contributed by atoms with Crippen LogP contribution in [0.3, 0.4) is 0 Å². The molecule has 0 fully saturated rings. The maximum atomic E-state index is 12.8. The Morgan fingerprint density at radius 2 is 1.49 bits per heavy atom. The Morgan fingerprint density at radius 1 is 0.914 bits per heavy atom. The highest BCUT2D eigenvalue weighted by Crippen LogP contribution is 2.06. The van der Waals surface area contributed by atoms with Crippen molar-refractivity contribution in [2.75, 3.05) is 17.8 Å². The molecule has 0 aromatic heterocycles. The van der Waals surface area contributed by atoms with Gasteiger partial charge in [0.1, 0.15) is 18.1 Å². The molecule has 0 radical (unpaired) electrons. The lowest BCUT2D eigenvalue weighted by Crippen LogP contribution is -2.57. The summed E-state index contributed by atoms with van der Waals surface area (Å²) in [6, 6.07) is 4.45. The molecular weight excluding hydrogens is 496 g/mol. The number of amides is 3. The van der Waals surface area contributed by atoms with E-state index >= 15 is 0 Å². The van der Waals surface area contributed by atoms with Gasteiger partial charge in [-0.2, -0.15) is 24.4 Å². The standard InChI is InChI=1S/C22H32N4O7S2/c1-35-10-9-16(22(32)33)25-20(30)15(7-8-18(27)28)24-21(31)17(12-34)26-19(29)14(23)11-13-5-3-2-4-6-13/h2-6,14-17,34H,7-12,23H2,1H3,(H,24,31)(H,25,30)(H,26,29)(H,27,28)(H,32,33). The molecule has 4 atom stereocenters. The molecule has 35 heavy (non-hydrogen) atoms. The van der Waals surface area contributed by atoms with Crippen molar-refractivity contribution in [1.29, 1.82) is 0 Å². The van der Waals surface area contributed by atoms with E-state index in [1.807, 2.05) is 30.3 Å². The predicted molar refractivity (Wildman–Crippen MR) is 135 cm³/mol. The number of carbonyl (C=O) groups excluding carboxylic acids is 3. The third-order valence-corrected chi connectivity index (χ3v) is 5.96. The lowest BCUT2D eigenvalue weighted by molar-refractivity contribution is -0.143. The molecule has 0 saturated heterocycles. The SMILES string of the molecule is CSCCC(NC(=O)C(CCC(=O)O)NC(=O)C(CS)NC(=O)C(N)Cc1ccccc1)C(=O)O. The first-order valence-electron chi connectivity index (χ1n) is 10.8. The highest BCUT2D eigenvalue weighted by molar-refractivity contribution is 7.98. The third kappa shape index (κ3) is 11.5. The molecule has 1 rings (SSSR count). The number of hydrogen-bond acceptors (Lipinski definition) is 8. The highest BCUT2D eigenvalue weighted by atomic mass is 32.2. The molecule has 1 aromatic carbocycles. The number of benzene rings is 1. The van der Waals surface area contributed by atoms with Crippen molar-refractivity contribution in [3.63, 3.8) is 0 Å². The summed E-state index contributed by atoms with van der Waals surface area (Å²) in [5.74, 6) is -4.30. The second-order valence-corrected chi connectivity index (χ2v) is 9.07. The van der Waals surface area contributed by atoms with Crippen LogP contribution < -0.4 is 21.7 Å². The molecule has 194 valence electrons. The number of hydrogen-bond donors (Lipinski definition) is 7. The summed E-state index contributed by atoms with van der Waals surface area (Å²) in [7, 11) is 0. The van der Waals surface area contributed by atoms with Gasteiger partial charge in [-0.05, 0) is 36.8 Å². The zero-order chi connectivity index (χ0) is 26.4. The van der Waals surface area contributed by atoms with Crippen molar-refractivity contribution in [3.05, 3.63) is 35.9 Å². The number of nitrogens with one attached hydrogen (secondary N) is 3. The van der Waals surface area contributed by atoms with Gasteiger partial charge < -0.3 is 31.9 Å². The van der Waals surface area contributed by atoms with Crippen LogP contribution in [-0.2, 0) is 30.4 Å². The summed E-state index contributed by atoms with van der Waals surface area (Å²) in [5.41, 5.74) is 6.79. The molecule has 4 unspecified atom stereocenters. The molecule has 0 spiro atoms. The molecule has 11 nitrogen and oxygen atoms in total. The lowest BCUT2D eigenvalue weighted by Gasteiger charge is -2.24. The number of aliphatic carboxylic acids is 2. The Bertz CT molecular complexity index is 873. The summed E-state index contributed by atoms with van der Waals surface area (Å²) >= 11 is 5.49. The van der Waals surface area contributed by atoms with Crippen LogP contribution in [0.15, 0.2) is 30.3 Å². The minimum absolute atomic E-state index is 0.117. The van der Waals surface area contributed by atoms with Gasteiger partial charge in [0.25, 0.3) is 0 Å². The second-order valence-electron chi connectivity index (χ2n) is 7.71. The molecular formula is C22H32N4O7S2. The molecule has 0 heterocycles. The van der Waals surface area contributed by atoms with Gasteiger partial charge in [0.2, 0.25) is 17.7 Å². The minimum Gasteiger partial charge on any atom is -0.481 e. The van der Waals surface area contributed by atoms with Crippen LogP contribution in [0.1, 0.15) is 24.8 Å². The van der Waals surface area contributed by atoms with E-state index in [4.69, 9.17) is 10.8 Å². The van der Waals surface area contributed by atoms with Crippen molar-refractivity contribution < 1.29 is 34.2 Å². The molecule has 0 saturated carbocycles. The fourth-order valence-corrected chi connectivity index (χ4v) is 3.74. The fourth-order valence-electron chi connectivity index (χ4n) is 3.01. The Kier molecular flexibility index (Phi) is 13.8. The monoisotopic (exact) mass is 528 g/mol. The van der Waals surface area contributed by atoms with Gasteiger partial charge in [-0.1, -0.05) is 30.3 Å². The van der Waals surface area contributed by atoms with Crippen LogP contribution in [0, 0.1) is 0 Å². The van der Waals surface area contributed by atoms with Gasteiger partial charge in [0.05, 0.1) is 6.04 Å². The van der Waals surface area contributed by atoms with Gasteiger partial charge in [0.15, 0.2) is 0 Å². The van der Waals surface area contributed by atoms with Crippen molar-refractivity contribution in [1.82, 2.24) is 16.0 Å². The summed E-state index contributed by atoms with van der Waals surface area (Å²) in [6.07, 6.45) is 1.46. The number of rotatable bonds is 16. The van der Waals surface area contributed by atoms with Gasteiger partial charge in [0, 0.05) is 12.2 Å². The predicted octanol–water partition coefficient (Wildman–Crippen LogP) is -0.357. The van der Waals surface area contributed by atoms with E-state index in [1.165, 1.54) is 11.8 Å². The van der Waals surface area contributed by atoms with Crippen LogP contribution in [0.5, 0.6) is 0 Å². The molecule has 0 aliphatic rings. The smallest absolute Gasteiger partial charge is 0.326 e. The summed E-state index contributed by atoms with van der Waals surface area (Å²) in [6.45, 7) is 0. The molecule has 3 amide bonds. The Balaban J connectivity index is 2.84. The Hall–Kier alpha value is -2.77. The highest BCUT2D eigenvalue weighted by Gasteiger charge is 2.30. The summed E-state index contributed by atoms with van der Waals surface area (Å²) in [5, 5.41) is 25.6. The molecule has 13 heteroatoms. The molecule has 0 aliphatic carbocycles. The van der Waals surface area contributed by atoms with Crippen molar-refractivity contribution >= 4 is 54.1 Å². The van der Waals surface area contributed by atoms with E-state index in [1.54, 1.807) is 6.26 Å². The van der Waals surface area contributed by atoms with Crippen molar-refractivity contribution in [2.45, 2.75) is 49.9 Å². The number of carboxylic acids is 2.